The monoisotopic (exact) mass is 282 g/mol. The summed E-state index contributed by atoms with van der Waals surface area (Å²) >= 11 is 7.03. The van der Waals surface area contributed by atoms with Crippen LogP contribution < -0.4 is 4.74 Å². The lowest BCUT2D eigenvalue weighted by atomic mass is 10.2. The second-order valence-corrected chi connectivity index (χ2v) is 5.43. The summed E-state index contributed by atoms with van der Waals surface area (Å²) in [5.41, 5.74) is 0.896. The molecular formula is C13H11ClO3S. The maximum absolute atomic E-state index is 10.8. The number of thiophene rings is 1. The second kappa shape index (κ2) is 5.42. The highest BCUT2D eigenvalue weighted by atomic mass is 35.5. The van der Waals surface area contributed by atoms with Gasteiger partial charge in [0.15, 0.2) is 0 Å². The third kappa shape index (κ3) is 3.03. The summed E-state index contributed by atoms with van der Waals surface area (Å²) < 4.78 is 5.58. The first-order valence-corrected chi connectivity index (χ1v) is 6.46. The fraction of sp³-hybridized carbons (Fsp3) is 0.154. The molecule has 2 aromatic rings. The van der Waals surface area contributed by atoms with E-state index in [1.807, 2.05) is 6.92 Å². The third-order valence-corrected chi connectivity index (χ3v) is 3.77. The molecule has 5 heteroatoms. The number of benzene rings is 1. The van der Waals surface area contributed by atoms with E-state index < -0.39 is 5.97 Å². The van der Waals surface area contributed by atoms with Crippen molar-refractivity contribution < 1.29 is 14.6 Å². The molecule has 1 aromatic heterocycles. The zero-order chi connectivity index (χ0) is 13.1. The van der Waals surface area contributed by atoms with Crippen molar-refractivity contribution in [2.75, 3.05) is 0 Å². The number of hydrogen-bond donors (Lipinski definition) is 1. The van der Waals surface area contributed by atoms with Gasteiger partial charge in [0.1, 0.15) is 17.2 Å². The summed E-state index contributed by atoms with van der Waals surface area (Å²) in [6.07, 6.45) is 0. The molecule has 0 bridgehead atoms. The van der Waals surface area contributed by atoms with Gasteiger partial charge >= 0.3 is 5.97 Å². The molecule has 0 atom stereocenters. The van der Waals surface area contributed by atoms with Gasteiger partial charge in [-0.2, -0.15) is 0 Å². The van der Waals surface area contributed by atoms with Crippen molar-refractivity contribution in [1.82, 2.24) is 0 Å². The molecule has 0 aliphatic carbocycles. The lowest BCUT2D eigenvalue weighted by molar-refractivity contribution is 0.0702. The largest absolute Gasteiger partial charge is 0.489 e. The number of carbonyl (C=O) groups is 1. The topological polar surface area (TPSA) is 46.5 Å². The maximum Gasteiger partial charge on any atom is 0.345 e. The van der Waals surface area contributed by atoms with E-state index in [0.29, 0.717) is 22.3 Å². The minimum absolute atomic E-state index is 0.335. The van der Waals surface area contributed by atoms with E-state index in [1.165, 1.54) is 11.3 Å². The van der Waals surface area contributed by atoms with Crippen LogP contribution in [0.25, 0.3) is 0 Å². The van der Waals surface area contributed by atoms with Crippen molar-refractivity contribution in [1.29, 1.82) is 0 Å². The molecule has 0 spiro atoms. The summed E-state index contributed by atoms with van der Waals surface area (Å²) in [6.45, 7) is 2.24. The van der Waals surface area contributed by atoms with E-state index in [2.05, 4.69) is 0 Å². The fourth-order valence-corrected chi connectivity index (χ4v) is 2.45. The predicted octanol–water partition coefficient (Wildman–Crippen LogP) is 3.99. The summed E-state index contributed by atoms with van der Waals surface area (Å²) in [5, 5.41) is 9.55. The Hall–Kier alpha value is -1.52. The van der Waals surface area contributed by atoms with Crippen LogP contribution in [0, 0.1) is 6.92 Å². The molecule has 94 valence electrons. The number of ether oxygens (including phenoxy) is 1. The highest BCUT2D eigenvalue weighted by molar-refractivity contribution is 7.14. The molecule has 0 amide bonds. The van der Waals surface area contributed by atoms with Gasteiger partial charge in [-0.1, -0.05) is 11.6 Å². The van der Waals surface area contributed by atoms with Crippen LogP contribution in [0.1, 0.15) is 20.1 Å². The molecule has 1 heterocycles. The fourth-order valence-electron chi connectivity index (χ4n) is 1.46. The Labute approximate surface area is 114 Å². The van der Waals surface area contributed by atoms with Gasteiger partial charge in [-0.25, -0.2) is 4.79 Å². The van der Waals surface area contributed by atoms with E-state index in [-0.39, 0.29) is 0 Å². The molecule has 0 fully saturated rings. The van der Waals surface area contributed by atoms with E-state index >= 15 is 0 Å². The molecule has 0 radical (unpaired) electrons. The lowest BCUT2D eigenvalue weighted by Crippen LogP contribution is -1.95. The minimum atomic E-state index is -0.902. The summed E-state index contributed by atoms with van der Waals surface area (Å²) in [6, 6.07) is 8.71. The average Bonchev–Trinajstić information content (AvgIpc) is 2.70. The highest BCUT2D eigenvalue weighted by Gasteiger charge is 2.11. The first-order chi connectivity index (χ1) is 8.56. The molecule has 0 saturated carbocycles. The van der Waals surface area contributed by atoms with Crippen LogP contribution in [-0.2, 0) is 6.61 Å². The Morgan fingerprint density at radius 3 is 2.61 bits per heavy atom. The van der Waals surface area contributed by atoms with Crippen LogP contribution in [-0.4, -0.2) is 11.1 Å². The Morgan fingerprint density at radius 1 is 1.39 bits per heavy atom. The quantitative estimate of drug-likeness (QED) is 0.922. The Balaban J connectivity index is 2.06. The van der Waals surface area contributed by atoms with Crippen LogP contribution >= 0.6 is 22.9 Å². The van der Waals surface area contributed by atoms with Crippen molar-refractivity contribution in [2.45, 2.75) is 13.5 Å². The molecule has 18 heavy (non-hydrogen) atoms. The number of rotatable bonds is 4. The van der Waals surface area contributed by atoms with E-state index in [1.54, 1.807) is 30.3 Å². The Bertz CT molecular complexity index is 560. The van der Waals surface area contributed by atoms with Crippen molar-refractivity contribution >= 4 is 28.9 Å². The van der Waals surface area contributed by atoms with Crippen molar-refractivity contribution in [3.05, 3.63) is 50.7 Å². The number of halogens is 1. The van der Waals surface area contributed by atoms with Gasteiger partial charge in [-0.3, -0.25) is 0 Å². The van der Waals surface area contributed by atoms with E-state index in [0.717, 1.165) is 10.4 Å². The van der Waals surface area contributed by atoms with E-state index in [4.69, 9.17) is 21.4 Å². The number of hydrogen-bond acceptors (Lipinski definition) is 3. The van der Waals surface area contributed by atoms with Crippen molar-refractivity contribution in [3.8, 4) is 5.75 Å². The van der Waals surface area contributed by atoms with Crippen LogP contribution in [0.15, 0.2) is 30.3 Å². The number of aryl methyl sites for hydroxylation is 1. The number of carboxylic acids is 1. The first-order valence-electron chi connectivity index (χ1n) is 5.27. The molecule has 1 N–H and O–H groups in total. The summed E-state index contributed by atoms with van der Waals surface area (Å²) in [4.78, 5) is 12.1. The number of carboxylic acid groups (broad SMARTS) is 1. The molecule has 0 saturated heterocycles. The minimum Gasteiger partial charge on any atom is -0.489 e. The molecule has 0 unspecified atom stereocenters. The zero-order valence-electron chi connectivity index (χ0n) is 9.64. The number of aromatic carboxylic acids is 1. The average molecular weight is 283 g/mol. The molecular weight excluding hydrogens is 272 g/mol. The van der Waals surface area contributed by atoms with Gasteiger partial charge in [0.25, 0.3) is 0 Å². The predicted molar refractivity (Wildman–Crippen MR) is 71.8 cm³/mol. The molecule has 0 aliphatic heterocycles. The standard InChI is InChI=1S/C13H11ClO3S/c1-8-9(6-12(18-8)13(15)16)7-17-11-4-2-10(14)3-5-11/h2-6H,7H2,1H3,(H,15,16). The van der Waals surface area contributed by atoms with E-state index in [9.17, 15) is 4.79 Å². The third-order valence-electron chi connectivity index (χ3n) is 2.44. The Morgan fingerprint density at radius 2 is 2.06 bits per heavy atom. The maximum atomic E-state index is 10.8. The van der Waals surface area contributed by atoms with Gasteiger partial charge in [-0.15, -0.1) is 11.3 Å². The van der Waals surface area contributed by atoms with Crippen LogP contribution in [0.2, 0.25) is 5.02 Å². The van der Waals surface area contributed by atoms with Gasteiger partial charge < -0.3 is 9.84 Å². The van der Waals surface area contributed by atoms with Crippen molar-refractivity contribution in [2.24, 2.45) is 0 Å². The van der Waals surface area contributed by atoms with Gasteiger partial charge in [-0.05, 0) is 37.3 Å². The molecule has 0 aliphatic rings. The molecule has 1 aromatic carbocycles. The summed E-state index contributed by atoms with van der Waals surface area (Å²) in [5.74, 6) is -0.192. The van der Waals surface area contributed by atoms with Crippen molar-refractivity contribution in [3.63, 3.8) is 0 Å². The van der Waals surface area contributed by atoms with Gasteiger partial charge in [0, 0.05) is 15.5 Å². The van der Waals surface area contributed by atoms with Gasteiger partial charge in [0.05, 0.1) is 0 Å². The zero-order valence-corrected chi connectivity index (χ0v) is 11.2. The molecule has 2 rings (SSSR count). The van der Waals surface area contributed by atoms with Crippen LogP contribution in [0.5, 0.6) is 5.75 Å². The normalized spacial score (nSPS) is 10.3. The second-order valence-electron chi connectivity index (χ2n) is 3.74. The summed E-state index contributed by atoms with van der Waals surface area (Å²) in [7, 11) is 0. The Kier molecular flexibility index (Phi) is 3.89. The van der Waals surface area contributed by atoms with Crippen LogP contribution in [0.3, 0.4) is 0 Å². The smallest absolute Gasteiger partial charge is 0.345 e. The molecule has 3 nitrogen and oxygen atoms in total. The van der Waals surface area contributed by atoms with Crippen LogP contribution in [0.4, 0.5) is 0 Å². The first kappa shape index (κ1) is 12.9. The van der Waals surface area contributed by atoms with Gasteiger partial charge in [0.2, 0.25) is 0 Å². The highest BCUT2D eigenvalue weighted by Crippen LogP contribution is 2.23. The lowest BCUT2D eigenvalue weighted by Gasteiger charge is -2.05. The SMILES string of the molecule is Cc1sc(C(=O)O)cc1COc1ccc(Cl)cc1.